The molecule has 0 amide bonds. The third-order valence-electron chi connectivity index (χ3n) is 5.63. The van der Waals surface area contributed by atoms with Crippen LogP contribution in [0.3, 0.4) is 0 Å². The summed E-state index contributed by atoms with van der Waals surface area (Å²) in [6.45, 7) is 7.07. The maximum atomic E-state index is 9.61. The van der Waals surface area contributed by atoms with Crippen molar-refractivity contribution >= 4 is 33.0 Å². The molecule has 1 aromatic carbocycles. The number of aromatic nitrogens is 2. The van der Waals surface area contributed by atoms with Gasteiger partial charge in [0.2, 0.25) is 0 Å². The summed E-state index contributed by atoms with van der Waals surface area (Å²) in [7, 11) is 2.08. The molecule has 0 bridgehead atoms. The Bertz CT molecular complexity index is 643. The second-order valence-electron chi connectivity index (χ2n) is 7.57. The first-order valence-corrected chi connectivity index (χ1v) is 17.7. The van der Waals surface area contributed by atoms with Crippen molar-refractivity contribution in [3.8, 4) is 0 Å². The first kappa shape index (κ1) is 20.8. The molecule has 2 rings (SSSR count). The van der Waals surface area contributed by atoms with Gasteiger partial charge in [-0.1, -0.05) is 0 Å². The van der Waals surface area contributed by atoms with E-state index in [1.165, 1.54) is 66.4 Å². The Morgan fingerprint density at radius 2 is 1.52 bits per heavy atom. The number of benzene rings is 1. The van der Waals surface area contributed by atoms with Crippen molar-refractivity contribution < 1.29 is 5.11 Å². The van der Waals surface area contributed by atoms with Gasteiger partial charge in [-0.3, -0.25) is 0 Å². The molecule has 0 spiro atoms. The number of fused-ring (bicyclic) bond motifs is 1. The van der Waals surface area contributed by atoms with Gasteiger partial charge in [0, 0.05) is 0 Å². The summed E-state index contributed by atoms with van der Waals surface area (Å²) in [5.41, 5.74) is 2.25. The minimum atomic E-state index is -2.55. The summed E-state index contributed by atoms with van der Waals surface area (Å²) in [5, 5.41) is 16.1. The van der Waals surface area contributed by atoms with Crippen LogP contribution in [0.4, 0.5) is 0 Å². The summed E-state index contributed by atoms with van der Waals surface area (Å²) < 4.78 is 7.86. The van der Waals surface area contributed by atoms with E-state index in [9.17, 15) is 5.11 Å². The van der Waals surface area contributed by atoms with Gasteiger partial charge in [0.15, 0.2) is 0 Å². The van der Waals surface area contributed by atoms with Crippen LogP contribution >= 0.6 is 0 Å². The molecule has 2 aromatic rings. The predicted octanol–water partition coefficient (Wildman–Crippen LogP) is 5.12. The molecule has 140 valence electrons. The summed E-state index contributed by atoms with van der Waals surface area (Å²) in [6, 6.07) is 6.40. The molecule has 1 N–H and O–H groups in total. The van der Waals surface area contributed by atoms with Crippen LogP contribution in [0.15, 0.2) is 18.2 Å². The zero-order chi connectivity index (χ0) is 18.3. The molecule has 0 aliphatic rings. The fraction of sp³-hybridized carbons (Fsp3) is 0.667. The molecule has 25 heavy (non-hydrogen) atoms. The second-order valence-corrected chi connectivity index (χ2v) is 20.5. The number of aryl methyl sites for hydroxylation is 1. The van der Waals surface area contributed by atoms with Crippen LogP contribution in [0.5, 0.6) is 0 Å². The fourth-order valence-corrected chi connectivity index (χ4v) is 20.3. The summed E-state index contributed by atoms with van der Waals surface area (Å²) in [6.07, 6.45) is 7.89. The molecule has 0 radical (unpaired) electrons. The van der Waals surface area contributed by atoms with E-state index in [1.807, 2.05) is 6.07 Å². The van der Waals surface area contributed by atoms with E-state index in [4.69, 9.17) is 5.10 Å². The van der Waals surface area contributed by atoms with E-state index in [1.54, 1.807) is 0 Å². The Kier molecular flexibility index (Phi) is 8.27. The topological polar surface area (TPSA) is 38.0 Å². The van der Waals surface area contributed by atoms with Gasteiger partial charge in [-0.05, 0) is 0 Å². The molecule has 0 fully saturated rings. The summed E-state index contributed by atoms with van der Waals surface area (Å²) in [5.74, 6) is 0. The minimum absolute atomic E-state index is 0.117. The molecular weight excluding hydrogens is 415 g/mol. The zero-order valence-electron chi connectivity index (χ0n) is 16.6. The molecule has 0 saturated carbocycles. The van der Waals surface area contributed by atoms with E-state index in [0.29, 0.717) is 0 Å². The number of nitrogens with zero attached hydrogens (tertiary/aromatic N) is 2. The Balaban J connectivity index is 2.58. The van der Waals surface area contributed by atoms with Gasteiger partial charge in [-0.25, -0.2) is 0 Å². The van der Waals surface area contributed by atoms with Gasteiger partial charge in [0.05, 0.1) is 0 Å². The van der Waals surface area contributed by atoms with Gasteiger partial charge >= 0.3 is 158 Å². The SMILES string of the molecule is CCC[CH2][Sn]([CH2]CCC)([CH2]CCC)[c]1nn(C)c2ccc(CO)cc12. The van der Waals surface area contributed by atoms with Crippen LogP contribution in [-0.2, 0) is 13.7 Å². The maximum absolute atomic E-state index is 9.61. The monoisotopic (exact) mass is 452 g/mol. The number of aliphatic hydroxyl groups is 1. The van der Waals surface area contributed by atoms with Gasteiger partial charge in [-0.2, -0.15) is 0 Å². The Morgan fingerprint density at radius 3 is 2.00 bits per heavy atom. The van der Waals surface area contributed by atoms with Crippen LogP contribution in [0.1, 0.15) is 64.9 Å². The molecule has 1 aromatic heterocycles. The molecule has 3 nitrogen and oxygen atoms in total. The van der Waals surface area contributed by atoms with Gasteiger partial charge in [0.25, 0.3) is 0 Å². The third kappa shape index (κ3) is 4.79. The molecule has 0 aliphatic carbocycles. The van der Waals surface area contributed by atoms with Crippen LogP contribution < -0.4 is 3.71 Å². The Labute approximate surface area is 157 Å². The molecule has 0 unspecified atom stereocenters. The first-order chi connectivity index (χ1) is 12.1. The molecular formula is C21H36N2OSn. The van der Waals surface area contributed by atoms with Crippen molar-refractivity contribution in [3.63, 3.8) is 0 Å². The van der Waals surface area contributed by atoms with E-state index in [0.717, 1.165) is 5.56 Å². The number of hydrogen-bond donors (Lipinski definition) is 1. The van der Waals surface area contributed by atoms with Crippen LogP contribution in [0.25, 0.3) is 10.9 Å². The number of unbranched alkanes of at least 4 members (excludes halogenated alkanes) is 3. The van der Waals surface area contributed by atoms with E-state index in [2.05, 4.69) is 44.6 Å². The summed E-state index contributed by atoms with van der Waals surface area (Å²) in [4.78, 5) is 0. The van der Waals surface area contributed by atoms with Crippen LogP contribution in [-0.4, -0.2) is 33.3 Å². The first-order valence-electron chi connectivity index (χ1n) is 10.2. The zero-order valence-corrected chi connectivity index (χ0v) is 19.5. The van der Waals surface area contributed by atoms with Crippen molar-refractivity contribution in [2.75, 3.05) is 0 Å². The van der Waals surface area contributed by atoms with E-state index in [-0.39, 0.29) is 6.61 Å². The fourth-order valence-electron chi connectivity index (χ4n) is 4.08. The predicted molar refractivity (Wildman–Crippen MR) is 111 cm³/mol. The summed E-state index contributed by atoms with van der Waals surface area (Å²) >= 11 is -2.55. The average molecular weight is 451 g/mol. The Hall–Kier alpha value is -0.551. The molecule has 1 heterocycles. The Morgan fingerprint density at radius 1 is 0.960 bits per heavy atom. The number of rotatable bonds is 11. The number of aliphatic hydroxyl groups excluding tert-OH is 1. The van der Waals surface area contributed by atoms with Gasteiger partial charge in [0.1, 0.15) is 0 Å². The van der Waals surface area contributed by atoms with Crippen molar-refractivity contribution in [1.29, 1.82) is 0 Å². The van der Waals surface area contributed by atoms with Crippen LogP contribution in [0.2, 0.25) is 13.3 Å². The van der Waals surface area contributed by atoms with Crippen molar-refractivity contribution in [2.24, 2.45) is 7.05 Å². The van der Waals surface area contributed by atoms with Gasteiger partial charge < -0.3 is 0 Å². The molecule has 0 saturated heterocycles. The van der Waals surface area contributed by atoms with Crippen molar-refractivity contribution in [1.82, 2.24) is 9.78 Å². The van der Waals surface area contributed by atoms with Crippen molar-refractivity contribution in [3.05, 3.63) is 23.8 Å². The second kappa shape index (κ2) is 9.96. The van der Waals surface area contributed by atoms with E-state index < -0.39 is 18.4 Å². The normalized spacial score (nSPS) is 12.2. The third-order valence-corrected chi connectivity index (χ3v) is 20.8. The van der Waals surface area contributed by atoms with E-state index >= 15 is 0 Å². The van der Waals surface area contributed by atoms with Gasteiger partial charge in [-0.15, -0.1) is 0 Å². The van der Waals surface area contributed by atoms with Crippen LogP contribution in [0, 0.1) is 0 Å². The quantitative estimate of drug-likeness (QED) is 0.482. The van der Waals surface area contributed by atoms with Crippen molar-refractivity contribution in [2.45, 2.75) is 79.2 Å². The average Bonchev–Trinajstić information content (AvgIpc) is 2.98. The molecule has 0 atom stereocenters. The molecule has 0 aliphatic heterocycles. The standard InChI is InChI=1S/C9H9N2O.3C4H9.Sn/c1-11-9-3-2-7(6-12)4-8(9)5-10-11;3*1-3-4-2;/h2-4,12H,6H2,1H3;3*1,3-4H2,2H3;. The molecule has 4 heteroatoms. The number of hydrogen-bond acceptors (Lipinski definition) is 2.